The van der Waals surface area contributed by atoms with Crippen molar-refractivity contribution in [3.05, 3.63) is 54.2 Å². The number of hydrogen-bond donors (Lipinski definition) is 2. The Kier molecular flexibility index (Phi) is 2.94. The fourth-order valence-corrected chi connectivity index (χ4v) is 4.20. The summed E-state index contributed by atoms with van der Waals surface area (Å²) in [6.45, 7) is 0.534. The van der Waals surface area contributed by atoms with Gasteiger partial charge in [-0.25, -0.2) is 0 Å². The van der Waals surface area contributed by atoms with E-state index in [2.05, 4.69) is 28.8 Å². The number of rotatable bonds is 1. The number of ether oxygens (including phenoxy) is 1. The highest BCUT2D eigenvalue weighted by Gasteiger charge is 2.35. The minimum atomic E-state index is -0.446. The third-order valence-electron chi connectivity index (χ3n) is 5.26. The topological polar surface area (TPSA) is 53.6 Å². The SMILES string of the molecule is COc1ccc2c(c1O)c1[n+](c3c4ccccc4ccc23)CC(O)C1. The molecular weight excluding hydrogens is 314 g/mol. The average Bonchev–Trinajstić information content (AvgIpc) is 3.02. The summed E-state index contributed by atoms with van der Waals surface area (Å²) in [6.07, 6.45) is 0.0782. The van der Waals surface area contributed by atoms with E-state index in [0.717, 1.165) is 32.8 Å². The molecule has 0 fully saturated rings. The Labute approximate surface area is 144 Å². The fourth-order valence-electron chi connectivity index (χ4n) is 4.20. The maximum absolute atomic E-state index is 10.8. The molecule has 25 heavy (non-hydrogen) atoms. The first kappa shape index (κ1) is 14.5. The van der Waals surface area contributed by atoms with Gasteiger partial charge in [-0.15, -0.1) is 0 Å². The van der Waals surface area contributed by atoms with E-state index < -0.39 is 6.10 Å². The Morgan fingerprint density at radius 2 is 1.80 bits per heavy atom. The van der Waals surface area contributed by atoms with Crippen molar-refractivity contribution in [2.24, 2.45) is 0 Å². The van der Waals surface area contributed by atoms with E-state index in [9.17, 15) is 10.2 Å². The zero-order valence-corrected chi connectivity index (χ0v) is 13.9. The first-order valence-corrected chi connectivity index (χ1v) is 8.43. The second-order valence-corrected chi connectivity index (χ2v) is 6.64. The number of aliphatic hydroxyl groups excluding tert-OH is 1. The van der Waals surface area contributed by atoms with Crippen LogP contribution < -0.4 is 9.30 Å². The number of phenols is 1. The van der Waals surface area contributed by atoms with Crippen LogP contribution in [0.2, 0.25) is 0 Å². The van der Waals surface area contributed by atoms with Crippen molar-refractivity contribution in [2.45, 2.75) is 19.1 Å². The van der Waals surface area contributed by atoms with E-state index in [4.69, 9.17) is 4.74 Å². The predicted octanol–water partition coefficient (Wildman–Crippen LogP) is 3.06. The lowest BCUT2D eigenvalue weighted by molar-refractivity contribution is -0.667. The molecule has 4 nitrogen and oxygen atoms in total. The van der Waals surface area contributed by atoms with E-state index in [-0.39, 0.29) is 5.75 Å². The quantitative estimate of drug-likeness (QED) is 0.416. The third kappa shape index (κ3) is 1.88. The van der Waals surface area contributed by atoms with Crippen molar-refractivity contribution in [2.75, 3.05) is 7.11 Å². The van der Waals surface area contributed by atoms with Gasteiger partial charge < -0.3 is 14.9 Å². The molecule has 0 amide bonds. The van der Waals surface area contributed by atoms with Gasteiger partial charge in [-0.1, -0.05) is 24.3 Å². The molecule has 1 unspecified atom stereocenters. The molecule has 4 heteroatoms. The molecule has 0 saturated heterocycles. The number of aromatic nitrogens is 1. The first-order valence-electron chi connectivity index (χ1n) is 8.43. The molecule has 0 aliphatic carbocycles. The highest BCUT2D eigenvalue weighted by atomic mass is 16.5. The summed E-state index contributed by atoms with van der Waals surface area (Å²) >= 11 is 0. The average molecular weight is 332 g/mol. The minimum Gasteiger partial charge on any atom is -0.504 e. The van der Waals surface area contributed by atoms with Crippen LogP contribution in [0, 0.1) is 0 Å². The normalized spacial score (nSPS) is 16.6. The summed E-state index contributed by atoms with van der Waals surface area (Å²) in [5.74, 6) is 0.602. The van der Waals surface area contributed by atoms with Crippen molar-refractivity contribution in [3.63, 3.8) is 0 Å². The van der Waals surface area contributed by atoms with Gasteiger partial charge in [0, 0.05) is 5.39 Å². The molecule has 2 N–H and O–H groups in total. The van der Waals surface area contributed by atoms with Gasteiger partial charge in [0.25, 0.3) is 0 Å². The minimum absolute atomic E-state index is 0.146. The van der Waals surface area contributed by atoms with Crippen LogP contribution in [-0.4, -0.2) is 23.4 Å². The fraction of sp³-hybridized carbons (Fsp3) is 0.190. The van der Waals surface area contributed by atoms with Crippen LogP contribution in [0.15, 0.2) is 48.5 Å². The van der Waals surface area contributed by atoms with Crippen molar-refractivity contribution < 1.29 is 19.5 Å². The summed E-state index contributed by atoms with van der Waals surface area (Å²) in [5.41, 5.74) is 2.07. The molecule has 124 valence electrons. The number of fused-ring (bicyclic) bond motifs is 8. The van der Waals surface area contributed by atoms with Crippen LogP contribution in [0.4, 0.5) is 0 Å². The van der Waals surface area contributed by atoms with E-state index in [1.54, 1.807) is 13.2 Å². The highest BCUT2D eigenvalue weighted by Crippen LogP contribution is 2.41. The van der Waals surface area contributed by atoms with Gasteiger partial charge >= 0.3 is 0 Å². The summed E-state index contributed by atoms with van der Waals surface area (Å²) in [6, 6.07) is 16.3. The second kappa shape index (κ2) is 5.07. The number of nitrogens with zero attached hydrogens (tertiary/aromatic N) is 1. The largest absolute Gasteiger partial charge is 0.504 e. The maximum Gasteiger partial charge on any atom is 0.221 e. The van der Waals surface area contributed by atoms with Gasteiger partial charge in [0.1, 0.15) is 6.10 Å². The van der Waals surface area contributed by atoms with Gasteiger partial charge in [0.2, 0.25) is 5.52 Å². The predicted molar refractivity (Wildman–Crippen MR) is 97.1 cm³/mol. The zero-order chi connectivity index (χ0) is 17.1. The lowest BCUT2D eigenvalue weighted by atomic mass is 9.98. The van der Waals surface area contributed by atoms with Crippen LogP contribution in [0.3, 0.4) is 0 Å². The van der Waals surface area contributed by atoms with Crippen LogP contribution in [0.25, 0.3) is 32.4 Å². The summed E-state index contributed by atoms with van der Waals surface area (Å²) in [7, 11) is 1.55. The Bertz CT molecular complexity index is 1170. The molecule has 3 aromatic carbocycles. The molecule has 0 radical (unpaired) electrons. The van der Waals surface area contributed by atoms with E-state index >= 15 is 0 Å². The summed E-state index contributed by atoms with van der Waals surface area (Å²) in [4.78, 5) is 0. The monoisotopic (exact) mass is 332 g/mol. The van der Waals surface area contributed by atoms with E-state index in [0.29, 0.717) is 18.7 Å². The van der Waals surface area contributed by atoms with Gasteiger partial charge in [-0.2, -0.15) is 4.57 Å². The number of hydrogen-bond acceptors (Lipinski definition) is 3. The van der Waals surface area contributed by atoms with Crippen molar-refractivity contribution in [3.8, 4) is 11.5 Å². The maximum atomic E-state index is 10.8. The molecule has 0 bridgehead atoms. The molecule has 1 atom stereocenters. The van der Waals surface area contributed by atoms with Crippen LogP contribution in [0.5, 0.6) is 11.5 Å². The molecule has 1 aromatic heterocycles. The number of phenolic OH excluding ortho intramolecular Hbond substituents is 1. The van der Waals surface area contributed by atoms with Gasteiger partial charge in [0.05, 0.1) is 29.7 Å². The van der Waals surface area contributed by atoms with Crippen molar-refractivity contribution >= 4 is 32.4 Å². The first-order chi connectivity index (χ1) is 12.2. The Hall–Kier alpha value is -2.85. The van der Waals surface area contributed by atoms with Crippen molar-refractivity contribution in [1.29, 1.82) is 0 Å². The lowest BCUT2D eigenvalue weighted by Crippen LogP contribution is -2.36. The molecule has 5 rings (SSSR count). The third-order valence-corrected chi connectivity index (χ3v) is 5.26. The molecule has 0 spiro atoms. The summed E-state index contributed by atoms with van der Waals surface area (Å²) < 4.78 is 7.46. The number of aromatic hydroxyl groups is 1. The molecule has 4 aromatic rings. The standard InChI is InChI=1S/C21H17NO3/c1-25-18-9-8-15-16-7-6-12-4-2-3-5-14(12)20(16)22-11-13(23)10-17(22)19(15)21(18)24/h2-9,13,23H,10-11H2,1H3/p+1. The highest BCUT2D eigenvalue weighted by molar-refractivity contribution is 6.15. The number of benzene rings is 3. The summed E-state index contributed by atoms with van der Waals surface area (Å²) in [5, 5.41) is 26.2. The smallest absolute Gasteiger partial charge is 0.221 e. The number of pyridine rings is 1. The molecular formula is C21H18NO3+. The van der Waals surface area contributed by atoms with Crippen LogP contribution in [0.1, 0.15) is 5.69 Å². The molecule has 0 saturated carbocycles. The van der Waals surface area contributed by atoms with E-state index in [1.165, 1.54) is 5.39 Å². The Morgan fingerprint density at radius 3 is 2.64 bits per heavy atom. The molecule has 2 heterocycles. The number of methoxy groups -OCH3 is 1. The van der Waals surface area contributed by atoms with Crippen LogP contribution in [-0.2, 0) is 13.0 Å². The van der Waals surface area contributed by atoms with Gasteiger partial charge in [-0.3, -0.25) is 0 Å². The van der Waals surface area contributed by atoms with Crippen molar-refractivity contribution in [1.82, 2.24) is 0 Å². The van der Waals surface area contributed by atoms with Gasteiger partial charge in [-0.05, 0) is 29.7 Å². The number of aliphatic hydroxyl groups is 1. The molecule has 1 aliphatic heterocycles. The zero-order valence-electron chi connectivity index (χ0n) is 13.9. The van der Waals surface area contributed by atoms with Gasteiger partial charge in [0.15, 0.2) is 23.7 Å². The Morgan fingerprint density at radius 1 is 1.00 bits per heavy atom. The Balaban J connectivity index is 2.07. The lowest BCUT2D eigenvalue weighted by Gasteiger charge is -2.11. The van der Waals surface area contributed by atoms with E-state index in [1.807, 2.05) is 18.2 Å². The van der Waals surface area contributed by atoms with Crippen LogP contribution >= 0.6 is 0 Å². The second-order valence-electron chi connectivity index (χ2n) is 6.64. The molecule has 1 aliphatic rings.